The summed E-state index contributed by atoms with van der Waals surface area (Å²) in [5.41, 5.74) is 0. The maximum Gasteiger partial charge on any atom is 0.212 e. The van der Waals surface area contributed by atoms with Crippen molar-refractivity contribution in [1.29, 1.82) is 0 Å². The normalized spacial score (nSPS) is 11.8. The number of unbranched alkanes of at least 4 members (excludes halogenated alkanes) is 1. The summed E-state index contributed by atoms with van der Waals surface area (Å²) in [5.74, 6) is 0.660. The van der Waals surface area contributed by atoms with Gasteiger partial charge in [0.2, 0.25) is 10.0 Å². The maximum atomic E-state index is 11.6. The fourth-order valence-electron chi connectivity index (χ4n) is 1.31. The van der Waals surface area contributed by atoms with Gasteiger partial charge in [-0.25, -0.2) is 13.1 Å². The zero-order chi connectivity index (χ0) is 12.6. The van der Waals surface area contributed by atoms with Gasteiger partial charge < -0.3 is 9.84 Å². The van der Waals surface area contributed by atoms with Crippen molar-refractivity contribution in [2.75, 3.05) is 18.8 Å². The highest BCUT2D eigenvalue weighted by molar-refractivity contribution is 7.89. The molecular formula is C10H19N3O3S. The van der Waals surface area contributed by atoms with E-state index in [2.05, 4.69) is 15.2 Å². The second-order valence-electron chi connectivity index (χ2n) is 3.68. The lowest BCUT2D eigenvalue weighted by molar-refractivity contribution is 0.380. The largest absolute Gasteiger partial charge is 0.360 e. The molecule has 1 aromatic heterocycles. The summed E-state index contributed by atoms with van der Waals surface area (Å²) >= 11 is 0. The van der Waals surface area contributed by atoms with Gasteiger partial charge in [-0.15, -0.1) is 0 Å². The van der Waals surface area contributed by atoms with Gasteiger partial charge in [-0.1, -0.05) is 12.1 Å². The molecule has 7 heteroatoms. The van der Waals surface area contributed by atoms with Crippen LogP contribution in [0.3, 0.4) is 0 Å². The number of sulfonamides is 1. The molecule has 98 valence electrons. The van der Waals surface area contributed by atoms with Crippen molar-refractivity contribution in [3.05, 3.63) is 18.0 Å². The van der Waals surface area contributed by atoms with Gasteiger partial charge in [0.15, 0.2) is 5.76 Å². The number of hydrogen-bond donors (Lipinski definition) is 2. The van der Waals surface area contributed by atoms with Crippen LogP contribution in [0.4, 0.5) is 0 Å². The first-order chi connectivity index (χ1) is 8.14. The standard InChI is InChI=1S/C10H19N3O3S/c1-2-11-6-3-4-8-17(14,15)13-9-10-5-7-12-16-10/h5,7,11,13H,2-4,6,8-9H2,1H3. The molecule has 0 unspecified atom stereocenters. The van der Waals surface area contributed by atoms with Crippen molar-refractivity contribution < 1.29 is 12.9 Å². The molecule has 0 saturated heterocycles. The Morgan fingerprint density at radius 2 is 2.24 bits per heavy atom. The number of rotatable bonds is 9. The second-order valence-corrected chi connectivity index (χ2v) is 5.61. The van der Waals surface area contributed by atoms with Crippen LogP contribution in [0.5, 0.6) is 0 Å². The highest BCUT2D eigenvalue weighted by atomic mass is 32.2. The van der Waals surface area contributed by atoms with Gasteiger partial charge in [-0.2, -0.15) is 0 Å². The Morgan fingerprint density at radius 1 is 1.41 bits per heavy atom. The molecule has 0 amide bonds. The molecule has 0 fully saturated rings. The minimum Gasteiger partial charge on any atom is -0.360 e. The van der Waals surface area contributed by atoms with Gasteiger partial charge in [0, 0.05) is 6.07 Å². The van der Waals surface area contributed by atoms with E-state index < -0.39 is 10.0 Å². The van der Waals surface area contributed by atoms with E-state index in [9.17, 15) is 8.42 Å². The first-order valence-electron chi connectivity index (χ1n) is 5.71. The lowest BCUT2D eigenvalue weighted by Crippen LogP contribution is -2.26. The fraction of sp³-hybridized carbons (Fsp3) is 0.700. The van der Waals surface area contributed by atoms with Crippen molar-refractivity contribution in [3.8, 4) is 0 Å². The van der Waals surface area contributed by atoms with Gasteiger partial charge in [0.05, 0.1) is 18.5 Å². The second kappa shape index (κ2) is 7.41. The van der Waals surface area contributed by atoms with Crippen LogP contribution in [0.15, 0.2) is 16.8 Å². The number of aromatic nitrogens is 1. The smallest absolute Gasteiger partial charge is 0.212 e. The minimum atomic E-state index is -3.21. The van der Waals surface area contributed by atoms with Crippen LogP contribution in [0.25, 0.3) is 0 Å². The summed E-state index contributed by atoms with van der Waals surface area (Å²) < 4.78 is 30.4. The third-order valence-electron chi connectivity index (χ3n) is 2.22. The first-order valence-corrected chi connectivity index (χ1v) is 7.37. The Morgan fingerprint density at radius 3 is 2.88 bits per heavy atom. The fourth-order valence-corrected chi connectivity index (χ4v) is 2.40. The van der Waals surface area contributed by atoms with Crippen LogP contribution in [0, 0.1) is 0 Å². The van der Waals surface area contributed by atoms with Gasteiger partial charge in [-0.05, 0) is 25.9 Å². The molecule has 0 atom stereocenters. The molecule has 1 aromatic rings. The zero-order valence-corrected chi connectivity index (χ0v) is 10.8. The molecule has 0 radical (unpaired) electrons. The average Bonchev–Trinajstić information content (AvgIpc) is 2.79. The quantitative estimate of drug-likeness (QED) is 0.632. The lowest BCUT2D eigenvalue weighted by atomic mass is 10.3. The van der Waals surface area contributed by atoms with Crippen molar-refractivity contribution in [3.63, 3.8) is 0 Å². The predicted octanol–water partition coefficient (Wildman–Crippen LogP) is 0.484. The molecule has 1 rings (SSSR count). The SMILES string of the molecule is CCNCCCCS(=O)(=O)NCc1ccno1. The van der Waals surface area contributed by atoms with E-state index >= 15 is 0 Å². The van der Waals surface area contributed by atoms with E-state index in [1.807, 2.05) is 6.92 Å². The van der Waals surface area contributed by atoms with Crippen molar-refractivity contribution in [2.24, 2.45) is 0 Å². The molecule has 17 heavy (non-hydrogen) atoms. The molecule has 0 aromatic carbocycles. The maximum absolute atomic E-state index is 11.6. The molecule has 0 bridgehead atoms. The van der Waals surface area contributed by atoms with E-state index in [4.69, 9.17) is 4.52 Å². The Labute approximate surface area is 102 Å². The zero-order valence-electron chi connectivity index (χ0n) is 9.98. The molecule has 0 spiro atoms. The van der Waals surface area contributed by atoms with Crippen LogP contribution in [-0.2, 0) is 16.6 Å². The Balaban J connectivity index is 2.17. The van der Waals surface area contributed by atoms with E-state index in [1.54, 1.807) is 6.07 Å². The summed E-state index contributed by atoms with van der Waals surface area (Å²) in [6.45, 7) is 3.95. The van der Waals surface area contributed by atoms with Crippen LogP contribution >= 0.6 is 0 Å². The third kappa shape index (κ3) is 6.40. The highest BCUT2D eigenvalue weighted by Crippen LogP contribution is 1.99. The predicted molar refractivity (Wildman–Crippen MR) is 64.9 cm³/mol. The number of nitrogens with one attached hydrogen (secondary N) is 2. The summed E-state index contributed by atoms with van der Waals surface area (Å²) in [5, 5.41) is 6.65. The van der Waals surface area contributed by atoms with Crippen LogP contribution in [0.1, 0.15) is 25.5 Å². The van der Waals surface area contributed by atoms with Crippen molar-refractivity contribution >= 4 is 10.0 Å². The molecule has 6 nitrogen and oxygen atoms in total. The topological polar surface area (TPSA) is 84.2 Å². The van der Waals surface area contributed by atoms with Crippen LogP contribution < -0.4 is 10.0 Å². The van der Waals surface area contributed by atoms with E-state index in [0.717, 1.165) is 19.5 Å². The van der Waals surface area contributed by atoms with E-state index in [-0.39, 0.29) is 12.3 Å². The molecule has 0 aliphatic carbocycles. The third-order valence-corrected chi connectivity index (χ3v) is 3.63. The monoisotopic (exact) mass is 261 g/mol. The van der Waals surface area contributed by atoms with Crippen LogP contribution in [0.2, 0.25) is 0 Å². The van der Waals surface area contributed by atoms with Crippen molar-refractivity contribution in [1.82, 2.24) is 15.2 Å². The Hall–Kier alpha value is -0.920. The van der Waals surface area contributed by atoms with Crippen LogP contribution in [-0.4, -0.2) is 32.4 Å². The Bertz CT molecular complexity index is 389. The summed E-state index contributed by atoms with van der Waals surface area (Å²) in [6, 6.07) is 1.63. The molecule has 0 aliphatic rings. The number of nitrogens with zero attached hydrogens (tertiary/aromatic N) is 1. The molecular weight excluding hydrogens is 242 g/mol. The summed E-state index contributed by atoms with van der Waals surface area (Å²) in [6.07, 6.45) is 3.00. The van der Waals surface area contributed by atoms with Gasteiger partial charge in [-0.3, -0.25) is 0 Å². The minimum absolute atomic E-state index is 0.145. The Kier molecular flexibility index (Phi) is 6.17. The molecule has 1 heterocycles. The van der Waals surface area contributed by atoms with Gasteiger partial charge >= 0.3 is 0 Å². The van der Waals surface area contributed by atoms with E-state index in [0.29, 0.717) is 12.2 Å². The van der Waals surface area contributed by atoms with Gasteiger partial charge in [0.1, 0.15) is 0 Å². The highest BCUT2D eigenvalue weighted by Gasteiger charge is 2.10. The first kappa shape index (κ1) is 14.1. The molecule has 0 saturated carbocycles. The van der Waals surface area contributed by atoms with Crippen molar-refractivity contribution in [2.45, 2.75) is 26.3 Å². The summed E-state index contributed by atoms with van der Waals surface area (Å²) in [4.78, 5) is 0. The van der Waals surface area contributed by atoms with Gasteiger partial charge in [0.25, 0.3) is 0 Å². The summed E-state index contributed by atoms with van der Waals surface area (Å²) in [7, 11) is -3.21. The number of hydrogen-bond acceptors (Lipinski definition) is 5. The molecule has 2 N–H and O–H groups in total. The molecule has 0 aliphatic heterocycles. The lowest BCUT2D eigenvalue weighted by Gasteiger charge is -2.05. The average molecular weight is 261 g/mol. The van der Waals surface area contributed by atoms with E-state index in [1.165, 1.54) is 6.20 Å².